The van der Waals surface area contributed by atoms with Gasteiger partial charge in [0.05, 0.1) is 12.5 Å². The number of amides is 3. The average Bonchev–Trinajstić information content (AvgIpc) is 2.43. The van der Waals surface area contributed by atoms with E-state index in [1.165, 1.54) is 0 Å². The van der Waals surface area contributed by atoms with Gasteiger partial charge < -0.3 is 21.1 Å². The van der Waals surface area contributed by atoms with Gasteiger partial charge in [0, 0.05) is 12.6 Å². The SMILES string of the molecule is CCCNC(=O)CNC(=O)NC1CCCC(C(=O)O)C1. The number of hydrogen-bond acceptors (Lipinski definition) is 3. The summed E-state index contributed by atoms with van der Waals surface area (Å²) in [5, 5.41) is 16.8. The normalized spacial score (nSPS) is 21.9. The van der Waals surface area contributed by atoms with Gasteiger partial charge in [-0.1, -0.05) is 13.3 Å². The molecule has 1 aliphatic carbocycles. The van der Waals surface area contributed by atoms with Crippen LogP contribution in [0.5, 0.6) is 0 Å². The monoisotopic (exact) mass is 285 g/mol. The first-order valence-corrected chi connectivity index (χ1v) is 7.06. The Labute approximate surface area is 118 Å². The topological polar surface area (TPSA) is 108 Å². The first-order valence-electron chi connectivity index (χ1n) is 7.06. The molecule has 1 aliphatic rings. The molecule has 0 aromatic rings. The lowest BCUT2D eigenvalue weighted by atomic mass is 9.86. The van der Waals surface area contributed by atoms with Crippen LogP contribution in [0.1, 0.15) is 39.0 Å². The average molecular weight is 285 g/mol. The number of nitrogens with one attached hydrogen (secondary N) is 3. The number of hydrogen-bond donors (Lipinski definition) is 4. The second-order valence-corrected chi connectivity index (χ2v) is 5.08. The lowest BCUT2D eigenvalue weighted by Crippen LogP contribution is -2.47. The Morgan fingerprint density at radius 2 is 1.95 bits per heavy atom. The Hall–Kier alpha value is -1.79. The summed E-state index contributed by atoms with van der Waals surface area (Å²) in [4.78, 5) is 33.8. The molecule has 0 heterocycles. The van der Waals surface area contributed by atoms with Crippen LogP contribution in [-0.2, 0) is 9.59 Å². The Morgan fingerprint density at radius 1 is 1.20 bits per heavy atom. The van der Waals surface area contributed by atoms with Crippen molar-refractivity contribution < 1.29 is 19.5 Å². The zero-order valence-corrected chi connectivity index (χ0v) is 11.8. The van der Waals surface area contributed by atoms with Gasteiger partial charge >= 0.3 is 12.0 Å². The minimum absolute atomic E-state index is 0.0685. The highest BCUT2D eigenvalue weighted by atomic mass is 16.4. The van der Waals surface area contributed by atoms with Crippen LogP contribution in [0, 0.1) is 5.92 Å². The third kappa shape index (κ3) is 5.90. The van der Waals surface area contributed by atoms with Crippen molar-refractivity contribution in [1.29, 1.82) is 0 Å². The standard InChI is InChI=1S/C13H23N3O4/c1-2-6-14-11(17)8-15-13(20)16-10-5-3-4-9(7-10)12(18)19/h9-10H,2-8H2,1H3,(H,14,17)(H,18,19)(H2,15,16,20). The summed E-state index contributed by atoms with van der Waals surface area (Å²) in [5.74, 6) is -1.42. The minimum atomic E-state index is -0.809. The molecule has 1 rings (SSSR count). The minimum Gasteiger partial charge on any atom is -0.481 e. The van der Waals surface area contributed by atoms with Crippen LogP contribution < -0.4 is 16.0 Å². The molecule has 7 nitrogen and oxygen atoms in total. The van der Waals surface area contributed by atoms with Crippen molar-refractivity contribution in [2.24, 2.45) is 5.92 Å². The molecule has 0 aliphatic heterocycles. The zero-order valence-electron chi connectivity index (χ0n) is 11.8. The maximum absolute atomic E-state index is 11.6. The van der Waals surface area contributed by atoms with E-state index in [2.05, 4.69) is 16.0 Å². The number of aliphatic carboxylic acids is 1. The molecule has 2 atom stereocenters. The van der Waals surface area contributed by atoms with Gasteiger partial charge in [0.2, 0.25) is 5.91 Å². The van der Waals surface area contributed by atoms with Crippen LogP contribution >= 0.6 is 0 Å². The zero-order chi connectivity index (χ0) is 15.0. The Kier molecular flexibility index (Phi) is 6.83. The molecule has 0 aromatic carbocycles. The summed E-state index contributed by atoms with van der Waals surface area (Å²) < 4.78 is 0. The predicted octanol–water partition coefficient (Wildman–Crippen LogP) is 0.455. The van der Waals surface area contributed by atoms with E-state index in [9.17, 15) is 14.4 Å². The van der Waals surface area contributed by atoms with Crippen molar-refractivity contribution in [3.8, 4) is 0 Å². The lowest BCUT2D eigenvalue weighted by molar-refractivity contribution is -0.143. The van der Waals surface area contributed by atoms with Gasteiger partial charge in [0.1, 0.15) is 0 Å². The molecule has 0 radical (unpaired) electrons. The van der Waals surface area contributed by atoms with Crippen molar-refractivity contribution in [1.82, 2.24) is 16.0 Å². The fourth-order valence-electron chi connectivity index (χ4n) is 2.27. The molecule has 4 N–H and O–H groups in total. The van der Waals surface area contributed by atoms with E-state index in [0.717, 1.165) is 19.3 Å². The molecule has 1 saturated carbocycles. The highest BCUT2D eigenvalue weighted by Crippen LogP contribution is 2.24. The van der Waals surface area contributed by atoms with Gasteiger partial charge in [-0.2, -0.15) is 0 Å². The highest BCUT2D eigenvalue weighted by molar-refractivity contribution is 5.84. The number of urea groups is 1. The van der Waals surface area contributed by atoms with Crippen molar-refractivity contribution in [2.45, 2.75) is 45.1 Å². The van der Waals surface area contributed by atoms with Gasteiger partial charge in [-0.15, -0.1) is 0 Å². The van der Waals surface area contributed by atoms with E-state index in [1.807, 2.05) is 6.92 Å². The molecule has 0 saturated heterocycles. The van der Waals surface area contributed by atoms with Crippen molar-refractivity contribution in [3.63, 3.8) is 0 Å². The van der Waals surface area contributed by atoms with E-state index < -0.39 is 12.0 Å². The first kappa shape index (κ1) is 16.3. The molecule has 114 valence electrons. The maximum atomic E-state index is 11.6. The van der Waals surface area contributed by atoms with Crippen molar-refractivity contribution >= 4 is 17.9 Å². The van der Waals surface area contributed by atoms with E-state index >= 15 is 0 Å². The van der Waals surface area contributed by atoms with Crippen molar-refractivity contribution in [3.05, 3.63) is 0 Å². The van der Waals surface area contributed by atoms with Crippen LogP contribution in [0.15, 0.2) is 0 Å². The number of carboxylic acids is 1. The summed E-state index contributed by atoms with van der Waals surface area (Å²) in [6.07, 6.45) is 3.52. The quantitative estimate of drug-likeness (QED) is 0.568. The summed E-state index contributed by atoms with van der Waals surface area (Å²) in [7, 11) is 0. The Morgan fingerprint density at radius 3 is 2.60 bits per heavy atom. The first-order chi connectivity index (χ1) is 9.52. The summed E-state index contributed by atoms with van der Waals surface area (Å²) in [6, 6.07) is -0.559. The van der Waals surface area contributed by atoms with E-state index in [0.29, 0.717) is 19.4 Å². The summed E-state index contributed by atoms with van der Waals surface area (Å²) in [5.41, 5.74) is 0. The van der Waals surface area contributed by atoms with Crippen molar-refractivity contribution in [2.75, 3.05) is 13.1 Å². The number of carboxylic acid groups (broad SMARTS) is 1. The van der Waals surface area contributed by atoms with Gasteiger partial charge in [-0.3, -0.25) is 9.59 Å². The second kappa shape index (κ2) is 8.39. The molecule has 0 spiro atoms. The van der Waals surface area contributed by atoms with Crippen LogP contribution in [0.3, 0.4) is 0 Å². The number of carbonyl (C=O) groups excluding carboxylic acids is 2. The van der Waals surface area contributed by atoms with E-state index in [4.69, 9.17) is 5.11 Å². The highest BCUT2D eigenvalue weighted by Gasteiger charge is 2.27. The van der Waals surface area contributed by atoms with Crippen LogP contribution in [0.4, 0.5) is 4.79 Å². The molecule has 0 bridgehead atoms. The van der Waals surface area contributed by atoms with Crippen LogP contribution in [-0.4, -0.2) is 42.1 Å². The predicted molar refractivity (Wildman–Crippen MR) is 73.2 cm³/mol. The molecule has 20 heavy (non-hydrogen) atoms. The van der Waals surface area contributed by atoms with Gasteiger partial charge in [-0.25, -0.2) is 4.79 Å². The number of carbonyl (C=O) groups is 3. The van der Waals surface area contributed by atoms with Crippen LogP contribution in [0.2, 0.25) is 0 Å². The van der Waals surface area contributed by atoms with Crippen LogP contribution in [0.25, 0.3) is 0 Å². The molecule has 1 fully saturated rings. The van der Waals surface area contributed by atoms with E-state index in [-0.39, 0.29) is 24.4 Å². The van der Waals surface area contributed by atoms with Gasteiger partial charge in [0.25, 0.3) is 0 Å². The third-order valence-corrected chi connectivity index (χ3v) is 3.34. The largest absolute Gasteiger partial charge is 0.481 e. The molecule has 2 unspecified atom stereocenters. The van der Waals surface area contributed by atoms with Gasteiger partial charge in [0.15, 0.2) is 0 Å². The lowest BCUT2D eigenvalue weighted by Gasteiger charge is -2.27. The van der Waals surface area contributed by atoms with E-state index in [1.54, 1.807) is 0 Å². The molecule has 3 amide bonds. The fourth-order valence-corrected chi connectivity index (χ4v) is 2.27. The molecule has 0 aromatic heterocycles. The number of rotatable bonds is 6. The smallest absolute Gasteiger partial charge is 0.315 e. The maximum Gasteiger partial charge on any atom is 0.315 e. The Balaban J connectivity index is 2.24. The second-order valence-electron chi connectivity index (χ2n) is 5.08. The third-order valence-electron chi connectivity index (χ3n) is 3.34. The van der Waals surface area contributed by atoms with Gasteiger partial charge in [-0.05, 0) is 25.7 Å². The molecular weight excluding hydrogens is 262 g/mol. The fraction of sp³-hybridized carbons (Fsp3) is 0.769. The summed E-state index contributed by atoms with van der Waals surface area (Å²) in [6.45, 7) is 2.47. The molecule has 7 heteroatoms. The Bertz CT molecular complexity index is 360. The molecular formula is C13H23N3O4. The summed E-state index contributed by atoms with van der Waals surface area (Å²) >= 11 is 0.